The maximum Gasteiger partial charge on any atom is 0.341 e. The van der Waals surface area contributed by atoms with E-state index in [0.29, 0.717) is 24.5 Å². The van der Waals surface area contributed by atoms with E-state index in [9.17, 15) is 22.7 Å². The number of halogens is 1. The molecule has 182 valence electrons. The monoisotopic (exact) mass is 488 g/mol. The van der Waals surface area contributed by atoms with Crippen molar-refractivity contribution in [2.24, 2.45) is 11.8 Å². The number of carboxylic acids is 1. The van der Waals surface area contributed by atoms with Crippen LogP contribution in [-0.2, 0) is 17.3 Å². The minimum atomic E-state index is -3.25. The second-order valence-electron chi connectivity index (χ2n) is 9.52. The first-order chi connectivity index (χ1) is 16.4. The van der Waals surface area contributed by atoms with Crippen LogP contribution in [-0.4, -0.2) is 50.6 Å². The first kappa shape index (κ1) is 23.1. The SMILES string of the molecule is CCN1CCC[C@H](Cc2cc(F)ccc2N(c2ccc3c(c2C(=O)O)OC[C@@H]2C[C@H]32)[SH](=O)=O)C1. The minimum absolute atomic E-state index is 0.0214. The van der Waals surface area contributed by atoms with Crippen LogP contribution in [0, 0.1) is 17.7 Å². The van der Waals surface area contributed by atoms with Crippen LogP contribution in [0.25, 0.3) is 0 Å². The quantitative estimate of drug-likeness (QED) is 0.574. The van der Waals surface area contributed by atoms with Gasteiger partial charge in [0.1, 0.15) is 17.1 Å². The largest absolute Gasteiger partial charge is 0.492 e. The number of carboxylic acid groups (broad SMARTS) is 1. The molecule has 34 heavy (non-hydrogen) atoms. The Morgan fingerprint density at radius 1 is 1.26 bits per heavy atom. The molecule has 3 atom stereocenters. The summed E-state index contributed by atoms with van der Waals surface area (Å²) in [7, 11) is -3.25. The number of hydrogen-bond donors (Lipinski definition) is 2. The number of likely N-dealkylation sites (tertiary alicyclic amines) is 1. The lowest BCUT2D eigenvalue weighted by Crippen LogP contribution is -2.36. The Hall–Kier alpha value is -2.65. The van der Waals surface area contributed by atoms with Crippen LogP contribution in [0.5, 0.6) is 5.75 Å². The molecule has 1 saturated carbocycles. The van der Waals surface area contributed by atoms with Crippen LogP contribution < -0.4 is 9.04 Å². The zero-order valence-corrected chi connectivity index (χ0v) is 20.0. The number of rotatable bonds is 7. The molecule has 9 heteroatoms. The molecule has 5 rings (SSSR count). The molecule has 2 aliphatic heterocycles. The summed E-state index contributed by atoms with van der Waals surface area (Å²) in [5.41, 5.74) is 1.52. The second kappa shape index (κ2) is 9.19. The molecule has 2 fully saturated rings. The van der Waals surface area contributed by atoms with Crippen LogP contribution in [0.15, 0.2) is 30.3 Å². The highest BCUT2D eigenvalue weighted by atomic mass is 32.2. The molecule has 2 heterocycles. The number of nitrogens with zero attached hydrogens (tertiary/aromatic N) is 2. The lowest BCUT2D eigenvalue weighted by molar-refractivity contribution is 0.0692. The van der Waals surface area contributed by atoms with Crippen molar-refractivity contribution in [1.29, 1.82) is 0 Å². The molecule has 0 aromatic heterocycles. The summed E-state index contributed by atoms with van der Waals surface area (Å²) < 4.78 is 46.3. The van der Waals surface area contributed by atoms with Crippen molar-refractivity contribution < 1.29 is 27.4 Å². The summed E-state index contributed by atoms with van der Waals surface area (Å²) in [6.45, 7) is 5.37. The third-order valence-corrected chi connectivity index (χ3v) is 8.12. The average Bonchev–Trinajstić information content (AvgIpc) is 3.60. The first-order valence-electron chi connectivity index (χ1n) is 11.9. The average molecular weight is 489 g/mol. The molecule has 1 saturated heterocycles. The van der Waals surface area contributed by atoms with Crippen LogP contribution in [0.1, 0.15) is 53.6 Å². The van der Waals surface area contributed by atoms with Crippen LogP contribution >= 0.6 is 0 Å². The summed E-state index contributed by atoms with van der Waals surface area (Å²) in [6, 6.07) is 7.34. The standard InChI is InChI=1S/C25H29FN2O5S/c1-2-27-9-3-4-15(13-27)10-16-11-18(26)5-7-21(16)28(34(31)32)22-8-6-19-20-12-17(20)14-33-24(19)23(22)25(29)30/h5-8,11,15,17,20,34H,2-4,9-10,12-14H2,1H3,(H,29,30)/t15-,17+,20+/m1/s1. The second-order valence-corrected chi connectivity index (χ2v) is 10.4. The van der Waals surface area contributed by atoms with E-state index in [4.69, 9.17) is 4.74 Å². The Balaban J connectivity index is 1.58. The lowest BCUT2D eigenvalue weighted by atomic mass is 9.90. The van der Waals surface area contributed by atoms with Crippen LogP contribution in [0.3, 0.4) is 0 Å². The molecule has 3 aliphatic rings. The number of benzene rings is 2. The fraction of sp³-hybridized carbons (Fsp3) is 0.480. The number of thiol groups is 1. The normalized spacial score (nSPS) is 23.7. The van der Waals surface area contributed by atoms with Gasteiger partial charge in [-0.3, -0.25) is 0 Å². The highest BCUT2D eigenvalue weighted by molar-refractivity contribution is 7.74. The number of carbonyl (C=O) groups is 1. The maximum atomic E-state index is 14.3. The van der Waals surface area contributed by atoms with Crippen molar-refractivity contribution in [3.05, 3.63) is 52.8 Å². The fourth-order valence-corrected chi connectivity index (χ4v) is 6.28. The lowest BCUT2D eigenvalue weighted by Gasteiger charge is -2.33. The zero-order chi connectivity index (χ0) is 24.0. The zero-order valence-electron chi connectivity index (χ0n) is 19.1. The van der Waals surface area contributed by atoms with Crippen molar-refractivity contribution in [2.75, 3.05) is 30.5 Å². The first-order valence-corrected chi connectivity index (χ1v) is 13.0. The van der Waals surface area contributed by atoms with E-state index in [2.05, 4.69) is 11.8 Å². The predicted octanol–water partition coefficient (Wildman–Crippen LogP) is 3.96. The summed E-state index contributed by atoms with van der Waals surface area (Å²) in [5, 5.41) is 10.1. The molecule has 1 aliphatic carbocycles. The van der Waals surface area contributed by atoms with Gasteiger partial charge < -0.3 is 14.7 Å². The van der Waals surface area contributed by atoms with E-state index in [1.165, 1.54) is 18.2 Å². The Kier molecular flexibility index (Phi) is 6.24. The topological polar surface area (TPSA) is 87.2 Å². The number of anilines is 2. The number of hydrogen-bond acceptors (Lipinski definition) is 5. The Bertz CT molecular complexity index is 1190. The van der Waals surface area contributed by atoms with Gasteiger partial charge in [-0.15, -0.1) is 0 Å². The molecule has 1 N–H and O–H groups in total. The van der Waals surface area contributed by atoms with Gasteiger partial charge in [0, 0.05) is 12.5 Å². The van der Waals surface area contributed by atoms with Crippen LogP contribution in [0.4, 0.5) is 15.8 Å². The fourth-order valence-electron chi connectivity index (χ4n) is 5.57. The van der Waals surface area contributed by atoms with Gasteiger partial charge in [-0.25, -0.2) is 21.9 Å². The van der Waals surface area contributed by atoms with Crippen molar-refractivity contribution in [3.63, 3.8) is 0 Å². The summed E-state index contributed by atoms with van der Waals surface area (Å²) >= 11 is 0. The van der Waals surface area contributed by atoms with Crippen LogP contribution in [0.2, 0.25) is 0 Å². The molecular formula is C25H29FN2O5S. The summed E-state index contributed by atoms with van der Waals surface area (Å²) in [5.74, 6) is -0.524. The van der Waals surface area contributed by atoms with Crippen molar-refractivity contribution in [2.45, 2.75) is 38.5 Å². The van der Waals surface area contributed by atoms with E-state index in [1.807, 2.05) is 0 Å². The molecule has 2 aromatic rings. The molecule has 0 bridgehead atoms. The van der Waals surface area contributed by atoms with Crippen molar-refractivity contribution in [1.82, 2.24) is 4.90 Å². The summed E-state index contributed by atoms with van der Waals surface area (Å²) in [4.78, 5) is 14.7. The number of aromatic carboxylic acids is 1. The number of ether oxygens (including phenoxy) is 1. The van der Waals surface area contributed by atoms with E-state index in [-0.39, 0.29) is 34.5 Å². The molecule has 0 amide bonds. The van der Waals surface area contributed by atoms with E-state index in [0.717, 1.165) is 48.8 Å². The van der Waals surface area contributed by atoms with Gasteiger partial charge in [0.15, 0.2) is 0 Å². The highest BCUT2D eigenvalue weighted by Gasteiger charge is 2.45. The third-order valence-electron chi connectivity index (χ3n) is 7.36. The Morgan fingerprint density at radius 2 is 2.06 bits per heavy atom. The molecule has 7 nitrogen and oxygen atoms in total. The molecule has 2 aromatic carbocycles. The molecular weight excluding hydrogens is 459 g/mol. The van der Waals surface area contributed by atoms with Gasteiger partial charge >= 0.3 is 5.97 Å². The Labute approximate surface area is 200 Å². The predicted molar refractivity (Wildman–Crippen MR) is 127 cm³/mol. The van der Waals surface area contributed by atoms with Gasteiger partial charge in [0.2, 0.25) is 10.9 Å². The smallest absolute Gasteiger partial charge is 0.341 e. The van der Waals surface area contributed by atoms with Gasteiger partial charge in [-0.05, 0) is 86.0 Å². The maximum absolute atomic E-state index is 14.3. The van der Waals surface area contributed by atoms with E-state index >= 15 is 0 Å². The number of piperidine rings is 1. The van der Waals surface area contributed by atoms with Crippen molar-refractivity contribution >= 4 is 28.2 Å². The van der Waals surface area contributed by atoms with Gasteiger partial charge in [-0.1, -0.05) is 13.0 Å². The number of fused-ring (bicyclic) bond motifs is 3. The van der Waals surface area contributed by atoms with E-state index < -0.39 is 22.7 Å². The van der Waals surface area contributed by atoms with Gasteiger partial charge in [0.05, 0.1) is 18.0 Å². The molecule has 0 unspecified atom stereocenters. The molecule has 0 spiro atoms. The third kappa shape index (κ3) is 4.27. The van der Waals surface area contributed by atoms with Gasteiger partial charge in [-0.2, -0.15) is 0 Å². The minimum Gasteiger partial charge on any atom is -0.492 e. The summed E-state index contributed by atoms with van der Waals surface area (Å²) in [6.07, 6.45) is 3.47. The van der Waals surface area contributed by atoms with Crippen molar-refractivity contribution in [3.8, 4) is 5.75 Å². The molecule has 0 radical (unpaired) electrons. The Morgan fingerprint density at radius 3 is 2.79 bits per heavy atom. The van der Waals surface area contributed by atoms with E-state index in [1.54, 1.807) is 12.1 Å². The van der Waals surface area contributed by atoms with Gasteiger partial charge in [0.25, 0.3) is 0 Å². The highest BCUT2D eigenvalue weighted by Crippen LogP contribution is 2.56.